The van der Waals surface area contributed by atoms with Gasteiger partial charge in [0.1, 0.15) is 5.69 Å². The minimum atomic E-state index is -1.00. The number of halogens is 1. The van der Waals surface area contributed by atoms with E-state index in [9.17, 15) is 24.1 Å². The maximum absolute atomic E-state index is 13.4. The van der Waals surface area contributed by atoms with Gasteiger partial charge in [-0.3, -0.25) is 25.0 Å². The molecule has 1 heterocycles. The standard InChI is InChI=1S/C10H8FN3O4/c11-6-2-1-3-7(10(6)14(17)18)13-4-8(15)12-9(16)5-13/h1-3H,4-5H2,(H,12,15,16). The molecule has 0 spiro atoms. The Kier molecular flexibility index (Phi) is 2.92. The van der Waals surface area contributed by atoms with E-state index in [0.717, 1.165) is 6.07 Å². The zero-order chi connectivity index (χ0) is 13.3. The van der Waals surface area contributed by atoms with Crippen LogP contribution in [0.1, 0.15) is 0 Å². The fourth-order valence-corrected chi connectivity index (χ4v) is 1.75. The van der Waals surface area contributed by atoms with Crippen LogP contribution in [0.4, 0.5) is 15.8 Å². The zero-order valence-electron chi connectivity index (χ0n) is 9.05. The van der Waals surface area contributed by atoms with Crippen LogP contribution in [0.3, 0.4) is 0 Å². The Morgan fingerprint density at radius 3 is 2.44 bits per heavy atom. The Morgan fingerprint density at radius 1 is 1.28 bits per heavy atom. The molecule has 7 nitrogen and oxygen atoms in total. The predicted molar refractivity (Wildman–Crippen MR) is 58.4 cm³/mol. The van der Waals surface area contributed by atoms with E-state index >= 15 is 0 Å². The SMILES string of the molecule is O=C1CN(c2cccc(F)c2[N+](=O)[O-])CC(=O)N1. The minimum absolute atomic E-state index is 0.0804. The van der Waals surface area contributed by atoms with Gasteiger partial charge in [-0.05, 0) is 12.1 Å². The summed E-state index contributed by atoms with van der Waals surface area (Å²) in [6.45, 7) is -0.452. The van der Waals surface area contributed by atoms with Gasteiger partial charge in [-0.1, -0.05) is 6.07 Å². The zero-order valence-corrected chi connectivity index (χ0v) is 9.05. The molecule has 1 aromatic carbocycles. The number of benzene rings is 1. The number of nitrogens with zero attached hydrogens (tertiary/aromatic N) is 2. The van der Waals surface area contributed by atoms with Crippen molar-refractivity contribution in [3.05, 3.63) is 34.1 Å². The summed E-state index contributed by atoms with van der Waals surface area (Å²) in [5, 5.41) is 12.9. The first-order valence-corrected chi connectivity index (χ1v) is 4.99. The predicted octanol–water partition coefficient (Wildman–Crippen LogP) is 0.197. The lowest BCUT2D eigenvalue weighted by molar-refractivity contribution is -0.386. The topological polar surface area (TPSA) is 92.6 Å². The highest BCUT2D eigenvalue weighted by Gasteiger charge is 2.29. The number of carbonyl (C=O) groups is 2. The first-order valence-electron chi connectivity index (χ1n) is 4.99. The summed E-state index contributed by atoms with van der Waals surface area (Å²) in [5.74, 6) is -2.16. The van der Waals surface area contributed by atoms with E-state index in [1.54, 1.807) is 0 Å². The number of piperazine rings is 1. The third-order valence-electron chi connectivity index (χ3n) is 2.44. The molecule has 0 aliphatic carbocycles. The fraction of sp³-hybridized carbons (Fsp3) is 0.200. The monoisotopic (exact) mass is 253 g/mol. The van der Waals surface area contributed by atoms with Crippen LogP contribution in [-0.2, 0) is 9.59 Å². The van der Waals surface area contributed by atoms with Crippen molar-refractivity contribution in [1.82, 2.24) is 5.32 Å². The Hall–Kier alpha value is -2.51. The Labute approximate surface area is 100 Å². The summed E-state index contributed by atoms with van der Waals surface area (Å²) < 4.78 is 13.4. The van der Waals surface area contributed by atoms with E-state index in [0.29, 0.717) is 0 Å². The molecular weight excluding hydrogens is 245 g/mol. The van der Waals surface area contributed by atoms with Crippen LogP contribution in [-0.4, -0.2) is 29.8 Å². The second-order valence-corrected chi connectivity index (χ2v) is 3.69. The smallest absolute Gasteiger partial charge is 0.327 e. The molecule has 1 saturated heterocycles. The molecule has 1 aliphatic rings. The van der Waals surface area contributed by atoms with Gasteiger partial charge in [0.25, 0.3) is 0 Å². The minimum Gasteiger partial charge on any atom is -0.347 e. The molecule has 0 atom stereocenters. The van der Waals surface area contributed by atoms with Gasteiger partial charge in [0.05, 0.1) is 18.0 Å². The second-order valence-electron chi connectivity index (χ2n) is 3.69. The molecule has 1 N–H and O–H groups in total. The number of para-hydroxylation sites is 1. The van der Waals surface area contributed by atoms with Crippen molar-refractivity contribution in [2.75, 3.05) is 18.0 Å². The number of hydrogen-bond donors (Lipinski definition) is 1. The average Bonchev–Trinajstić information content (AvgIpc) is 2.26. The van der Waals surface area contributed by atoms with Crippen molar-refractivity contribution < 1.29 is 18.9 Å². The molecule has 0 unspecified atom stereocenters. The molecule has 0 saturated carbocycles. The van der Waals surface area contributed by atoms with E-state index in [2.05, 4.69) is 5.32 Å². The van der Waals surface area contributed by atoms with E-state index < -0.39 is 28.2 Å². The lowest BCUT2D eigenvalue weighted by atomic mass is 10.2. The van der Waals surface area contributed by atoms with Crippen LogP contribution in [0.5, 0.6) is 0 Å². The van der Waals surface area contributed by atoms with Gasteiger partial charge in [0.15, 0.2) is 0 Å². The maximum atomic E-state index is 13.4. The van der Waals surface area contributed by atoms with Gasteiger partial charge >= 0.3 is 5.69 Å². The molecule has 1 aliphatic heterocycles. The van der Waals surface area contributed by atoms with Crippen molar-refractivity contribution >= 4 is 23.2 Å². The van der Waals surface area contributed by atoms with Crippen molar-refractivity contribution in [2.45, 2.75) is 0 Å². The molecule has 18 heavy (non-hydrogen) atoms. The molecule has 94 valence electrons. The lowest BCUT2D eigenvalue weighted by Gasteiger charge is -2.26. The highest BCUT2D eigenvalue weighted by atomic mass is 19.1. The largest absolute Gasteiger partial charge is 0.347 e. The van der Waals surface area contributed by atoms with Crippen molar-refractivity contribution in [3.8, 4) is 0 Å². The number of nitro groups is 1. The highest BCUT2D eigenvalue weighted by molar-refractivity contribution is 6.03. The van der Waals surface area contributed by atoms with Gasteiger partial charge < -0.3 is 4.90 Å². The molecule has 0 bridgehead atoms. The summed E-state index contributed by atoms with van der Waals surface area (Å²) in [6.07, 6.45) is 0. The number of nitro benzene ring substituents is 1. The van der Waals surface area contributed by atoms with Crippen LogP contribution in [0, 0.1) is 15.9 Å². The Balaban J connectivity index is 2.44. The molecule has 1 fully saturated rings. The van der Waals surface area contributed by atoms with E-state index in [4.69, 9.17) is 0 Å². The van der Waals surface area contributed by atoms with E-state index in [1.807, 2.05) is 0 Å². The van der Waals surface area contributed by atoms with Crippen molar-refractivity contribution in [2.24, 2.45) is 0 Å². The number of amides is 2. The number of anilines is 1. The van der Waals surface area contributed by atoms with E-state index in [1.165, 1.54) is 17.0 Å². The fourth-order valence-electron chi connectivity index (χ4n) is 1.75. The number of hydrogen-bond acceptors (Lipinski definition) is 5. The summed E-state index contributed by atoms with van der Waals surface area (Å²) in [7, 11) is 0. The van der Waals surface area contributed by atoms with Gasteiger partial charge in [-0.25, -0.2) is 0 Å². The Morgan fingerprint density at radius 2 is 1.89 bits per heavy atom. The highest BCUT2D eigenvalue weighted by Crippen LogP contribution is 2.30. The number of nitrogens with one attached hydrogen (secondary N) is 1. The summed E-state index contributed by atoms with van der Waals surface area (Å²) in [5.41, 5.74) is -0.816. The Bertz CT molecular complexity index is 530. The van der Waals surface area contributed by atoms with Crippen LogP contribution < -0.4 is 10.2 Å². The number of imide groups is 1. The number of carbonyl (C=O) groups excluding carboxylic acids is 2. The van der Waals surface area contributed by atoms with Crippen LogP contribution >= 0.6 is 0 Å². The van der Waals surface area contributed by atoms with Crippen LogP contribution in [0.25, 0.3) is 0 Å². The van der Waals surface area contributed by atoms with Crippen molar-refractivity contribution in [3.63, 3.8) is 0 Å². The van der Waals surface area contributed by atoms with E-state index in [-0.39, 0.29) is 18.8 Å². The molecule has 0 aromatic heterocycles. The van der Waals surface area contributed by atoms with Gasteiger partial charge in [-0.15, -0.1) is 0 Å². The third kappa shape index (κ3) is 2.12. The van der Waals surface area contributed by atoms with Gasteiger partial charge in [0, 0.05) is 0 Å². The second kappa shape index (κ2) is 4.40. The average molecular weight is 253 g/mol. The molecule has 2 rings (SSSR count). The number of rotatable bonds is 2. The molecule has 2 amide bonds. The first kappa shape index (κ1) is 12.0. The van der Waals surface area contributed by atoms with Gasteiger partial charge in [0.2, 0.25) is 17.6 Å². The first-order chi connectivity index (χ1) is 8.49. The normalized spacial score (nSPS) is 15.5. The van der Waals surface area contributed by atoms with Crippen LogP contribution in [0.2, 0.25) is 0 Å². The van der Waals surface area contributed by atoms with Gasteiger partial charge in [-0.2, -0.15) is 4.39 Å². The third-order valence-corrected chi connectivity index (χ3v) is 2.44. The summed E-state index contributed by atoms with van der Waals surface area (Å²) in [6, 6.07) is 3.54. The van der Waals surface area contributed by atoms with Crippen molar-refractivity contribution in [1.29, 1.82) is 0 Å². The molecule has 0 radical (unpaired) electrons. The maximum Gasteiger partial charge on any atom is 0.327 e. The molecule has 8 heteroatoms. The molecular formula is C10H8FN3O4. The van der Waals surface area contributed by atoms with Crippen LogP contribution in [0.15, 0.2) is 18.2 Å². The molecule has 1 aromatic rings. The quantitative estimate of drug-likeness (QED) is 0.461. The lowest BCUT2D eigenvalue weighted by Crippen LogP contribution is -2.51. The summed E-state index contributed by atoms with van der Waals surface area (Å²) in [4.78, 5) is 33.5. The summed E-state index contributed by atoms with van der Waals surface area (Å²) >= 11 is 0.